The number of rotatable bonds is 4. The van der Waals surface area contributed by atoms with Gasteiger partial charge in [-0.1, -0.05) is 6.07 Å². The third-order valence-corrected chi connectivity index (χ3v) is 2.79. The van der Waals surface area contributed by atoms with Crippen molar-refractivity contribution in [3.63, 3.8) is 0 Å². The lowest BCUT2D eigenvalue weighted by atomic mass is 10.1. The molecule has 0 aliphatic rings. The highest BCUT2D eigenvalue weighted by Gasteiger charge is 2.13. The highest BCUT2D eigenvalue weighted by Crippen LogP contribution is 2.25. The molecule has 18 heavy (non-hydrogen) atoms. The molecule has 2 aromatic rings. The number of aryl methyl sites for hydroxylation is 1. The van der Waals surface area contributed by atoms with Gasteiger partial charge in [0.05, 0.1) is 11.5 Å². The maximum atomic E-state index is 10.8. The second kappa shape index (κ2) is 4.87. The zero-order valence-electron chi connectivity index (χ0n) is 10.3. The highest BCUT2D eigenvalue weighted by molar-refractivity contribution is 5.62. The number of nitrogens with zero attached hydrogens (tertiary/aromatic N) is 3. The standard InChI is InChI=1S/C12H14N4O2/c1-9-5-6-14-15(9)8-10-3-4-12(16(17)18)11(7-10)13-2/h3-7,13H,8H2,1-2H3. The quantitative estimate of drug-likeness (QED) is 0.663. The zero-order valence-corrected chi connectivity index (χ0v) is 10.3. The first kappa shape index (κ1) is 12.1. The summed E-state index contributed by atoms with van der Waals surface area (Å²) < 4.78 is 1.85. The normalized spacial score (nSPS) is 10.3. The van der Waals surface area contributed by atoms with Crippen LogP contribution in [-0.2, 0) is 6.54 Å². The van der Waals surface area contributed by atoms with E-state index in [1.165, 1.54) is 6.07 Å². The SMILES string of the molecule is CNc1cc(Cn2nccc2C)ccc1[N+](=O)[O-]. The first-order chi connectivity index (χ1) is 8.61. The number of aromatic nitrogens is 2. The van der Waals surface area contributed by atoms with E-state index in [-0.39, 0.29) is 5.69 Å². The average molecular weight is 246 g/mol. The first-order valence-corrected chi connectivity index (χ1v) is 5.55. The van der Waals surface area contributed by atoms with Gasteiger partial charge in [0.2, 0.25) is 0 Å². The number of anilines is 1. The molecule has 0 saturated heterocycles. The number of benzene rings is 1. The van der Waals surface area contributed by atoms with Crippen molar-refractivity contribution in [2.45, 2.75) is 13.5 Å². The van der Waals surface area contributed by atoms with Crippen molar-refractivity contribution in [1.82, 2.24) is 9.78 Å². The molecule has 0 bridgehead atoms. The van der Waals surface area contributed by atoms with Gasteiger partial charge in [-0.25, -0.2) is 0 Å². The van der Waals surface area contributed by atoms with Crippen LogP contribution in [0.15, 0.2) is 30.5 Å². The summed E-state index contributed by atoms with van der Waals surface area (Å²) in [5.74, 6) is 0. The molecule has 1 N–H and O–H groups in total. The fraction of sp³-hybridized carbons (Fsp3) is 0.250. The molecule has 2 rings (SSSR count). The molecule has 0 atom stereocenters. The lowest BCUT2D eigenvalue weighted by Crippen LogP contribution is -2.05. The Bertz CT molecular complexity index is 577. The molecule has 0 aliphatic heterocycles. The second-order valence-electron chi connectivity index (χ2n) is 3.99. The van der Waals surface area contributed by atoms with Crippen LogP contribution in [-0.4, -0.2) is 21.8 Å². The Morgan fingerprint density at radius 1 is 1.44 bits per heavy atom. The summed E-state index contributed by atoms with van der Waals surface area (Å²) >= 11 is 0. The molecule has 0 saturated carbocycles. The molecular formula is C12H14N4O2. The van der Waals surface area contributed by atoms with Crippen molar-refractivity contribution in [3.05, 3.63) is 51.8 Å². The number of nitro groups is 1. The monoisotopic (exact) mass is 246 g/mol. The van der Waals surface area contributed by atoms with Crippen LogP contribution in [0.1, 0.15) is 11.3 Å². The lowest BCUT2D eigenvalue weighted by Gasteiger charge is -2.07. The van der Waals surface area contributed by atoms with E-state index in [2.05, 4.69) is 10.4 Å². The molecule has 0 amide bonds. The molecule has 0 spiro atoms. The van der Waals surface area contributed by atoms with E-state index in [9.17, 15) is 10.1 Å². The van der Waals surface area contributed by atoms with E-state index in [4.69, 9.17) is 0 Å². The van der Waals surface area contributed by atoms with Crippen molar-refractivity contribution in [2.75, 3.05) is 12.4 Å². The zero-order chi connectivity index (χ0) is 13.1. The summed E-state index contributed by atoms with van der Waals surface area (Å²) in [4.78, 5) is 10.4. The number of nitro benzene ring substituents is 1. The summed E-state index contributed by atoms with van der Waals surface area (Å²) in [6.07, 6.45) is 1.74. The van der Waals surface area contributed by atoms with Crippen molar-refractivity contribution < 1.29 is 4.92 Å². The highest BCUT2D eigenvalue weighted by atomic mass is 16.6. The molecular weight excluding hydrogens is 232 g/mol. The minimum Gasteiger partial charge on any atom is -0.383 e. The van der Waals surface area contributed by atoms with Crippen LogP contribution in [0, 0.1) is 17.0 Å². The Labute approximate surface area is 104 Å². The third kappa shape index (κ3) is 2.32. The van der Waals surface area contributed by atoms with Crippen LogP contribution in [0.3, 0.4) is 0 Å². The maximum Gasteiger partial charge on any atom is 0.292 e. The Morgan fingerprint density at radius 3 is 2.78 bits per heavy atom. The minimum atomic E-state index is -0.394. The van der Waals surface area contributed by atoms with Crippen molar-refractivity contribution in [2.24, 2.45) is 0 Å². The Kier molecular flexibility index (Phi) is 3.27. The largest absolute Gasteiger partial charge is 0.383 e. The van der Waals surface area contributed by atoms with Gasteiger partial charge in [-0.2, -0.15) is 5.10 Å². The van der Waals surface area contributed by atoms with Crippen LogP contribution >= 0.6 is 0 Å². The Balaban J connectivity index is 2.30. The van der Waals surface area contributed by atoms with Gasteiger partial charge in [-0.3, -0.25) is 14.8 Å². The Morgan fingerprint density at radius 2 is 2.22 bits per heavy atom. The lowest BCUT2D eigenvalue weighted by molar-refractivity contribution is -0.383. The van der Waals surface area contributed by atoms with Gasteiger partial charge in [-0.15, -0.1) is 0 Å². The summed E-state index contributed by atoms with van der Waals surface area (Å²) in [6, 6.07) is 6.96. The van der Waals surface area contributed by atoms with Gasteiger partial charge in [0, 0.05) is 25.0 Å². The molecule has 0 aliphatic carbocycles. The van der Waals surface area contributed by atoms with Gasteiger partial charge in [0.25, 0.3) is 5.69 Å². The molecule has 1 aromatic heterocycles. The summed E-state index contributed by atoms with van der Waals surface area (Å²) in [5.41, 5.74) is 2.62. The topological polar surface area (TPSA) is 73.0 Å². The second-order valence-corrected chi connectivity index (χ2v) is 3.99. The number of hydrogen-bond donors (Lipinski definition) is 1. The average Bonchev–Trinajstić information content (AvgIpc) is 2.74. The number of hydrogen-bond acceptors (Lipinski definition) is 4. The molecule has 1 aromatic carbocycles. The van der Waals surface area contributed by atoms with E-state index in [1.54, 1.807) is 25.4 Å². The van der Waals surface area contributed by atoms with Crippen LogP contribution < -0.4 is 5.32 Å². The van der Waals surface area contributed by atoms with E-state index < -0.39 is 4.92 Å². The fourth-order valence-electron chi connectivity index (χ4n) is 1.78. The predicted octanol–water partition coefficient (Wildman–Crippen LogP) is 2.19. The summed E-state index contributed by atoms with van der Waals surface area (Å²) in [7, 11) is 1.67. The molecule has 6 heteroatoms. The molecule has 6 nitrogen and oxygen atoms in total. The molecule has 1 heterocycles. The molecule has 0 unspecified atom stereocenters. The smallest absolute Gasteiger partial charge is 0.292 e. The third-order valence-electron chi connectivity index (χ3n) is 2.79. The van der Waals surface area contributed by atoms with Crippen LogP contribution in [0.25, 0.3) is 0 Å². The van der Waals surface area contributed by atoms with Gasteiger partial charge in [0.1, 0.15) is 5.69 Å². The summed E-state index contributed by atoms with van der Waals surface area (Å²) in [6.45, 7) is 2.57. The van der Waals surface area contributed by atoms with E-state index >= 15 is 0 Å². The van der Waals surface area contributed by atoms with Crippen LogP contribution in [0.2, 0.25) is 0 Å². The van der Waals surface area contributed by atoms with Crippen molar-refractivity contribution >= 4 is 11.4 Å². The van der Waals surface area contributed by atoms with Crippen molar-refractivity contribution in [3.8, 4) is 0 Å². The van der Waals surface area contributed by atoms with E-state index in [0.717, 1.165) is 11.3 Å². The van der Waals surface area contributed by atoms with E-state index in [1.807, 2.05) is 17.7 Å². The molecule has 0 radical (unpaired) electrons. The van der Waals surface area contributed by atoms with E-state index in [0.29, 0.717) is 12.2 Å². The minimum absolute atomic E-state index is 0.0819. The van der Waals surface area contributed by atoms with Gasteiger partial charge in [0.15, 0.2) is 0 Å². The van der Waals surface area contributed by atoms with Crippen molar-refractivity contribution in [1.29, 1.82) is 0 Å². The fourth-order valence-corrected chi connectivity index (χ4v) is 1.78. The number of nitrogens with one attached hydrogen (secondary N) is 1. The van der Waals surface area contributed by atoms with Gasteiger partial charge < -0.3 is 5.32 Å². The predicted molar refractivity (Wildman–Crippen MR) is 68.7 cm³/mol. The Hall–Kier alpha value is -2.37. The van der Waals surface area contributed by atoms with Gasteiger partial charge >= 0.3 is 0 Å². The van der Waals surface area contributed by atoms with Crippen LogP contribution in [0.4, 0.5) is 11.4 Å². The molecule has 94 valence electrons. The first-order valence-electron chi connectivity index (χ1n) is 5.55. The molecule has 0 fully saturated rings. The van der Waals surface area contributed by atoms with Gasteiger partial charge in [-0.05, 0) is 24.6 Å². The van der Waals surface area contributed by atoms with Crippen LogP contribution in [0.5, 0.6) is 0 Å². The maximum absolute atomic E-state index is 10.8. The summed E-state index contributed by atoms with van der Waals surface area (Å²) in [5, 5.41) is 17.8.